The molecule has 3 aromatic rings. The van der Waals surface area contributed by atoms with Crippen LogP contribution >= 0.6 is 12.2 Å². The highest BCUT2D eigenvalue weighted by Gasteiger charge is 2.19. The van der Waals surface area contributed by atoms with Crippen LogP contribution in [0.5, 0.6) is 0 Å². The molecule has 2 heterocycles. The molecule has 0 amide bonds. The van der Waals surface area contributed by atoms with Gasteiger partial charge in [0.05, 0.1) is 0 Å². The predicted octanol–water partition coefficient (Wildman–Crippen LogP) is 4.27. The number of anilines is 1. The van der Waals surface area contributed by atoms with Crippen molar-refractivity contribution in [3.63, 3.8) is 0 Å². The Morgan fingerprint density at radius 2 is 1.79 bits per heavy atom. The maximum atomic E-state index is 5.66. The molecule has 4 heteroatoms. The third-order valence-corrected chi connectivity index (χ3v) is 5.20. The number of nitrogens with zero attached hydrogens (tertiary/aromatic N) is 1. The van der Waals surface area contributed by atoms with Crippen molar-refractivity contribution < 1.29 is 0 Å². The average molecular weight is 335 g/mol. The van der Waals surface area contributed by atoms with Gasteiger partial charge in [-0.2, -0.15) is 0 Å². The van der Waals surface area contributed by atoms with Crippen LogP contribution in [0.2, 0.25) is 0 Å². The van der Waals surface area contributed by atoms with Crippen molar-refractivity contribution in [3.05, 3.63) is 65.4 Å². The predicted molar refractivity (Wildman–Crippen MR) is 105 cm³/mol. The van der Waals surface area contributed by atoms with Crippen LogP contribution in [0.4, 0.5) is 5.69 Å². The Morgan fingerprint density at radius 1 is 1.04 bits per heavy atom. The Hall–Kier alpha value is -2.33. The molecule has 0 radical (unpaired) electrons. The van der Waals surface area contributed by atoms with E-state index in [1.54, 1.807) is 0 Å². The van der Waals surface area contributed by atoms with Gasteiger partial charge in [0.25, 0.3) is 0 Å². The maximum absolute atomic E-state index is 5.66. The molecule has 0 saturated heterocycles. The number of aromatic amines is 1. The minimum Gasteiger partial charge on any atom is -0.358 e. The summed E-state index contributed by atoms with van der Waals surface area (Å²) in [5.41, 5.74) is 6.36. The van der Waals surface area contributed by atoms with Crippen LogP contribution in [0.25, 0.3) is 10.9 Å². The number of benzene rings is 2. The molecule has 0 aliphatic carbocycles. The van der Waals surface area contributed by atoms with E-state index < -0.39 is 0 Å². The number of H-pyrrole nitrogens is 1. The summed E-state index contributed by atoms with van der Waals surface area (Å²) >= 11 is 5.66. The van der Waals surface area contributed by atoms with Gasteiger partial charge in [-0.1, -0.05) is 36.4 Å². The van der Waals surface area contributed by atoms with Gasteiger partial charge in [0.1, 0.15) is 0 Å². The van der Waals surface area contributed by atoms with Gasteiger partial charge in [0, 0.05) is 41.8 Å². The van der Waals surface area contributed by atoms with Gasteiger partial charge < -0.3 is 15.2 Å². The molecule has 0 fully saturated rings. The van der Waals surface area contributed by atoms with Crippen LogP contribution in [0.1, 0.15) is 16.8 Å². The van der Waals surface area contributed by atoms with Crippen molar-refractivity contribution in [1.29, 1.82) is 0 Å². The standard InChI is InChI=1S/C20H21N3S/c1-14-6-2-4-8-17(14)22-20(24)23-12-10-16-15-7-3-5-9-18(15)21-19(16)11-13-23/h2-9,21H,10-13H2,1H3,(H,22,24). The summed E-state index contributed by atoms with van der Waals surface area (Å²) in [5.74, 6) is 0. The lowest BCUT2D eigenvalue weighted by Crippen LogP contribution is -2.36. The van der Waals surface area contributed by atoms with Crippen molar-refractivity contribution >= 4 is 33.9 Å². The number of aryl methyl sites for hydroxylation is 1. The third kappa shape index (κ3) is 2.78. The van der Waals surface area contributed by atoms with Gasteiger partial charge in [-0.3, -0.25) is 0 Å². The van der Waals surface area contributed by atoms with Gasteiger partial charge in [-0.05, 0) is 48.8 Å². The van der Waals surface area contributed by atoms with E-state index >= 15 is 0 Å². The summed E-state index contributed by atoms with van der Waals surface area (Å²) in [5, 5.41) is 5.58. The van der Waals surface area contributed by atoms with Crippen molar-refractivity contribution in [2.24, 2.45) is 0 Å². The van der Waals surface area contributed by atoms with Crippen molar-refractivity contribution in [1.82, 2.24) is 9.88 Å². The third-order valence-electron chi connectivity index (χ3n) is 4.84. The minimum atomic E-state index is 0.818. The normalized spacial score (nSPS) is 14.3. The highest BCUT2D eigenvalue weighted by atomic mass is 32.1. The number of hydrogen-bond donors (Lipinski definition) is 2. The molecule has 1 aliphatic rings. The van der Waals surface area contributed by atoms with E-state index in [9.17, 15) is 0 Å². The Morgan fingerprint density at radius 3 is 2.67 bits per heavy atom. The molecule has 0 saturated carbocycles. The topological polar surface area (TPSA) is 31.1 Å². The Balaban J connectivity index is 1.51. The molecular formula is C20H21N3S. The van der Waals surface area contributed by atoms with Gasteiger partial charge in [-0.15, -0.1) is 0 Å². The van der Waals surface area contributed by atoms with Crippen LogP contribution in [-0.2, 0) is 12.8 Å². The van der Waals surface area contributed by atoms with E-state index in [1.165, 1.54) is 27.7 Å². The van der Waals surface area contributed by atoms with Gasteiger partial charge in [0.15, 0.2) is 5.11 Å². The quantitative estimate of drug-likeness (QED) is 0.651. The summed E-state index contributed by atoms with van der Waals surface area (Å²) in [6.45, 7) is 3.99. The lowest BCUT2D eigenvalue weighted by Gasteiger charge is -2.24. The van der Waals surface area contributed by atoms with E-state index in [0.717, 1.165) is 36.7 Å². The number of fused-ring (bicyclic) bond motifs is 3. The molecule has 0 spiro atoms. The highest BCUT2D eigenvalue weighted by molar-refractivity contribution is 7.80. The molecule has 0 atom stereocenters. The Bertz CT molecular complexity index is 897. The molecule has 2 N–H and O–H groups in total. The van der Waals surface area contributed by atoms with E-state index in [1.807, 2.05) is 12.1 Å². The number of para-hydroxylation sites is 2. The lowest BCUT2D eigenvalue weighted by atomic mass is 10.1. The number of thiocarbonyl (C=S) groups is 1. The second-order valence-corrected chi connectivity index (χ2v) is 6.75. The van der Waals surface area contributed by atoms with Crippen LogP contribution in [0.3, 0.4) is 0 Å². The molecule has 1 aliphatic heterocycles. The van der Waals surface area contributed by atoms with Crippen LogP contribution < -0.4 is 5.32 Å². The first kappa shape index (κ1) is 15.2. The molecular weight excluding hydrogens is 314 g/mol. The number of nitrogens with one attached hydrogen (secondary N) is 2. The van der Waals surface area contributed by atoms with Crippen molar-refractivity contribution in [2.75, 3.05) is 18.4 Å². The maximum Gasteiger partial charge on any atom is 0.173 e. The minimum absolute atomic E-state index is 0.818. The summed E-state index contributed by atoms with van der Waals surface area (Å²) in [6, 6.07) is 16.8. The zero-order valence-corrected chi connectivity index (χ0v) is 14.6. The SMILES string of the molecule is Cc1ccccc1NC(=S)N1CCc2[nH]c3ccccc3c2CC1. The molecule has 24 heavy (non-hydrogen) atoms. The summed E-state index contributed by atoms with van der Waals surface area (Å²) in [4.78, 5) is 5.87. The molecule has 4 rings (SSSR count). The molecule has 0 unspecified atom stereocenters. The fraction of sp³-hybridized carbons (Fsp3) is 0.250. The van der Waals surface area contributed by atoms with Gasteiger partial charge >= 0.3 is 0 Å². The van der Waals surface area contributed by atoms with E-state index in [2.05, 4.69) is 58.5 Å². The Labute approximate surface area is 147 Å². The van der Waals surface area contributed by atoms with E-state index in [-0.39, 0.29) is 0 Å². The van der Waals surface area contributed by atoms with Crippen LogP contribution in [-0.4, -0.2) is 28.1 Å². The van der Waals surface area contributed by atoms with Gasteiger partial charge in [0.2, 0.25) is 0 Å². The second-order valence-electron chi connectivity index (χ2n) is 6.36. The number of rotatable bonds is 1. The smallest absolute Gasteiger partial charge is 0.173 e. The molecule has 1 aromatic heterocycles. The zero-order chi connectivity index (χ0) is 16.5. The highest BCUT2D eigenvalue weighted by Crippen LogP contribution is 2.26. The van der Waals surface area contributed by atoms with Crippen molar-refractivity contribution in [2.45, 2.75) is 19.8 Å². The van der Waals surface area contributed by atoms with E-state index in [0.29, 0.717) is 0 Å². The Kier molecular flexibility index (Phi) is 3.98. The first-order valence-corrected chi connectivity index (χ1v) is 8.83. The first-order valence-electron chi connectivity index (χ1n) is 8.42. The molecule has 3 nitrogen and oxygen atoms in total. The second kappa shape index (κ2) is 6.29. The largest absolute Gasteiger partial charge is 0.358 e. The fourth-order valence-corrected chi connectivity index (χ4v) is 3.76. The van der Waals surface area contributed by atoms with Crippen LogP contribution in [0, 0.1) is 6.92 Å². The first-order chi connectivity index (χ1) is 11.7. The van der Waals surface area contributed by atoms with Crippen LogP contribution in [0.15, 0.2) is 48.5 Å². The van der Waals surface area contributed by atoms with Gasteiger partial charge in [-0.25, -0.2) is 0 Å². The molecule has 2 aromatic carbocycles. The number of aromatic nitrogens is 1. The van der Waals surface area contributed by atoms with Crippen molar-refractivity contribution in [3.8, 4) is 0 Å². The number of hydrogen-bond acceptors (Lipinski definition) is 1. The zero-order valence-electron chi connectivity index (χ0n) is 13.8. The summed E-state index contributed by atoms with van der Waals surface area (Å²) < 4.78 is 0. The lowest BCUT2D eigenvalue weighted by molar-refractivity contribution is 0.445. The monoisotopic (exact) mass is 335 g/mol. The summed E-state index contributed by atoms with van der Waals surface area (Å²) in [6.07, 6.45) is 2.02. The average Bonchev–Trinajstić information content (AvgIpc) is 2.81. The molecule has 122 valence electrons. The summed E-state index contributed by atoms with van der Waals surface area (Å²) in [7, 11) is 0. The van der Waals surface area contributed by atoms with E-state index in [4.69, 9.17) is 12.2 Å². The fourth-order valence-electron chi connectivity index (χ4n) is 3.47. The molecule has 0 bridgehead atoms.